The van der Waals surface area contributed by atoms with E-state index in [9.17, 15) is 0 Å². The number of nitrogens with zero attached hydrogens (tertiary/aromatic N) is 1. The molecule has 1 aromatic carbocycles. The summed E-state index contributed by atoms with van der Waals surface area (Å²) < 4.78 is 5.19. The first-order chi connectivity index (χ1) is 6.22. The zero-order valence-electron chi connectivity index (χ0n) is 6.86. The van der Waals surface area contributed by atoms with Gasteiger partial charge in [0, 0.05) is 0 Å². The van der Waals surface area contributed by atoms with Crippen LogP contribution >= 0.6 is 12.2 Å². The van der Waals surface area contributed by atoms with Gasteiger partial charge in [0.1, 0.15) is 17.3 Å². The van der Waals surface area contributed by atoms with Gasteiger partial charge in [0.2, 0.25) is 0 Å². The van der Waals surface area contributed by atoms with Crippen LogP contribution in [0.1, 0.15) is 5.56 Å². The monoisotopic (exact) mass is 192 g/mol. The van der Waals surface area contributed by atoms with E-state index in [-0.39, 0.29) is 6.61 Å². The summed E-state index contributed by atoms with van der Waals surface area (Å²) >= 11 is 4.64. The summed E-state index contributed by atoms with van der Waals surface area (Å²) in [5, 5.41) is 8.52. The number of thiocarbonyl (C=S) groups is 1. The van der Waals surface area contributed by atoms with E-state index in [1.165, 1.54) is 0 Å². The molecule has 0 atom stereocenters. The SMILES string of the molecule is N#Cc1ccc(OCC(N)=S)cc1. The van der Waals surface area contributed by atoms with Gasteiger partial charge < -0.3 is 10.5 Å². The molecule has 0 heterocycles. The van der Waals surface area contributed by atoms with Gasteiger partial charge in [-0.25, -0.2) is 0 Å². The van der Waals surface area contributed by atoms with E-state index >= 15 is 0 Å². The smallest absolute Gasteiger partial charge is 0.138 e. The fourth-order valence-electron chi connectivity index (χ4n) is 0.780. The lowest BCUT2D eigenvalue weighted by molar-refractivity contribution is 0.377. The van der Waals surface area contributed by atoms with Crippen LogP contribution in [0.25, 0.3) is 0 Å². The van der Waals surface area contributed by atoms with Gasteiger partial charge in [-0.2, -0.15) is 5.26 Å². The van der Waals surface area contributed by atoms with Crippen LogP contribution < -0.4 is 10.5 Å². The summed E-state index contributed by atoms with van der Waals surface area (Å²) in [5.74, 6) is 0.659. The minimum Gasteiger partial charge on any atom is -0.487 e. The largest absolute Gasteiger partial charge is 0.487 e. The number of nitrogens with two attached hydrogens (primary N) is 1. The van der Waals surface area contributed by atoms with Crippen molar-refractivity contribution in [1.82, 2.24) is 0 Å². The lowest BCUT2D eigenvalue weighted by atomic mass is 10.2. The van der Waals surface area contributed by atoms with Crippen LogP contribution in [-0.4, -0.2) is 11.6 Å². The molecule has 0 spiro atoms. The molecule has 1 rings (SSSR count). The highest BCUT2D eigenvalue weighted by Crippen LogP contribution is 2.10. The summed E-state index contributed by atoms with van der Waals surface area (Å²) in [6.45, 7) is 0.223. The standard InChI is InChI=1S/C9H8N2OS/c10-5-7-1-3-8(4-2-7)12-6-9(11)13/h1-4H,6H2,(H2,11,13). The molecule has 0 aromatic heterocycles. The summed E-state index contributed by atoms with van der Waals surface area (Å²) in [4.78, 5) is 0.310. The first kappa shape index (κ1) is 9.49. The number of ether oxygens (including phenoxy) is 1. The maximum atomic E-state index is 8.52. The Hall–Kier alpha value is -1.60. The highest BCUT2D eigenvalue weighted by atomic mass is 32.1. The van der Waals surface area contributed by atoms with Gasteiger partial charge in [0.05, 0.1) is 11.6 Å². The molecule has 13 heavy (non-hydrogen) atoms. The molecule has 0 bridgehead atoms. The Morgan fingerprint density at radius 2 is 2.08 bits per heavy atom. The quantitative estimate of drug-likeness (QED) is 0.731. The van der Waals surface area contributed by atoms with Crippen molar-refractivity contribution in [1.29, 1.82) is 5.26 Å². The van der Waals surface area contributed by atoms with Gasteiger partial charge >= 0.3 is 0 Å². The number of rotatable bonds is 3. The molecule has 0 aliphatic rings. The highest BCUT2D eigenvalue weighted by Gasteiger charge is 1.94. The normalized spacial score (nSPS) is 8.85. The third kappa shape index (κ3) is 3.09. The minimum atomic E-state index is 0.223. The van der Waals surface area contributed by atoms with E-state index < -0.39 is 0 Å². The van der Waals surface area contributed by atoms with Gasteiger partial charge in [-0.1, -0.05) is 12.2 Å². The number of hydrogen-bond donors (Lipinski definition) is 1. The number of hydrogen-bond acceptors (Lipinski definition) is 3. The maximum Gasteiger partial charge on any atom is 0.138 e. The predicted octanol–water partition coefficient (Wildman–Crippen LogP) is 1.22. The van der Waals surface area contributed by atoms with Crippen LogP contribution in [0.5, 0.6) is 5.75 Å². The Kier molecular flexibility index (Phi) is 3.23. The Morgan fingerprint density at radius 3 is 2.54 bits per heavy atom. The van der Waals surface area contributed by atoms with Crippen molar-refractivity contribution < 1.29 is 4.74 Å². The Labute approximate surface area is 81.7 Å². The van der Waals surface area contributed by atoms with Gasteiger partial charge in [0.25, 0.3) is 0 Å². The third-order valence-corrected chi connectivity index (χ3v) is 1.48. The molecule has 0 unspecified atom stereocenters. The molecule has 0 fully saturated rings. The molecule has 0 radical (unpaired) electrons. The maximum absolute atomic E-state index is 8.52. The summed E-state index contributed by atoms with van der Waals surface area (Å²) in [5.41, 5.74) is 5.85. The second-order valence-corrected chi connectivity index (χ2v) is 2.92. The predicted molar refractivity (Wildman–Crippen MR) is 53.4 cm³/mol. The lowest BCUT2D eigenvalue weighted by Gasteiger charge is -2.03. The van der Waals surface area contributed by atoms with Crippen LogP contribution in [0.3, 0.4) is 0 Å². The van der Waals surface area contributed by atoms with Gasteiger partial charge in [0.15, 0.2) is 0 Å². The zero-order valence-corrected chi connectivity index (χ0v) is 7.67. The molecule has 0 amide bonds. The zero-order chi connectivity index (χ0) is 9.68. The van der Waals surface area contributed by atoms with E-state index in [0.29, 0.717) is 16.3 Å². The van der Waals surface area contributed by atoms with E-state index in [1.807, 2.05) is 6.07 Å². The molecule has 0 saturated carbocycles. The van der Waals surface area contributed by atoms with E-state index in [1.54, 1.807) is 24.3 Å². The first-order valence-electron chi connectivity index (χ1n) is 3.63. The van der Waals surface area contributed by atoms with Crippen LogP contribution in [0.2, 0.25) is 0 Å². The summed E-state index contributed by atoms with van der Waals surface area (Å²) in [6.07, 6.45) is 0. The molecular weight excluding hydrogens is 184 g/mol. The van der Waals surface area contributed by atoms with Gasteiger partial charge in [-0.05, 0) is 24.3 Å². The average molecular weight is 192 g/mol. The second-order valence-electron chi connectivity index (χ2n) is 2.39. The molecule has 2 N–H and O–H groups in total. The summed E-state index contributed by atoms with van der Waals surface area (Å²) in [6, 6.07) is 8.77. The highest BCUT2D eigenvalue weighted by molar-refractivity contribution is 7.80. The van der Waals surface area contributed by atoms with Crippen LogP contribution in [0.15, 0.2) is 24.3 Å². The van der Waals surface area contributed by atoms with E-state index in [0.717, 1.165) is 0 Å². The van der Waals surface area contributed by atoms with Crippen molar-refractivity contribution in [3.8, 4) is 11.8 Å². The molecule has 1 aromatic rings. The molecule has 0 saturated heterocycles. The molecule has 3 nitrogen and oxygen atoms in total. The van der Waals surface area contributed by atoms with Crippen LogP contribution in [-0.2, 0) is 0 Å². The second kappa shape index (κ2) is 4.43. The van der Waals surface area contributed by atoms with E-state index in [4.69, 9.17) is 15.7 Å². The topological polar surface area (TPSA) is 59.0 Å². The number of nitriles is 1. The number of benzene rings is 1. The fraction of sp³-hybridized carbons (Fsp3) is 0.111. The van der Waals surface area contributed by atoms with Gasteiger partial charge in [-0.3, -0.25) is 0 Å². The van der Waals surface area contributed by atoms with E-state index in [2.05, 4.69) is 12.2 Å². The Bertz CT molecular complexity index is 340. The average Bonchev–Trinajstić information content (AvgIpc) is 2.15. The van der Waals surface area contributed by atoms with Crippen LogP contribution in [0.4, 0.5) is 0 Å². The fourth-order valence-corrected chi connectivity index (χ4v) is 0.839. The van der Waals surface area contributed by atoms with Crippen molar-refractivity contribution in [2.75, 3.05) is 6.61 Å². The van der Waals surface area contributed by atoms with Crippen molar-refractivity contribution in [2.45, 2.75) is 0 Å². The molecule has 66 valence electrons. The van der Waals surface area contributed by atoms with Crippen molar-refractivity contribution in [2.24, 2.45) is 5.73 Å². The first-order valence-corrected chi connectivity index (χ1v) is 4.04. The van der Waals surface area contributed by atoms with Crippen molar-refractivity contribution in [3.63, 3.8) is 0 Å². The molecular formula is C9H8N2OS. The van der Waals surface area contributed by atoms with Crippen LogP contribution in [0, 0.1) is 11.3 Å². The Balaban J connectivity index is 2.60. The lowest BCUT2D eigenvalue weighted by Crippen LogP contribution is -2.17. The van der Waals surface area contributed by atoms with Crippen molar-refractivity contribution in [3.05, 3.63) is 29.8 Å². The molecule has 0 aliphatic heterocycles. The minimum absolute atomic E-state index is 0.223. The third-order valence-electron chi connectivity index (χ3n) is 1.36. The van der Waals surface area contributed by atoms with Crippen molar-refractivity contribution >= 4 is 17.2 Å². The molecule has 0 aliphatic carbocycles. The van der Waals surface area contributed by atoms with Gasteiger partial charge in [-0.15, -0.1) is 0 Å². The Morgan fingerprint density at radius 1 is 1.46 bits per heavy atom. The summed E-state index contributed by atoms with van der Waals surface area (Å²) in [7, 11) is 0. The molecule has 4 heteroatoms.